The van der Waals surface area contributed by atoms with Gasteiger partial charge in [0.25, 0.3) is 0 Å². The van der Waals surface area contributed by atoms with Crippen LogP contribution >= 0.6 is 0 Å². The SMILES string of the molecule is C=C1C(=O)C23COC(O)C4C(C)(C)CC(OC(C)=O)C(OC(C)=O)C4(C)C24OC4CC1C3. The Morgan fingerprint density at radius 2 is 1.78 bits per heavy atom. The number of hydrogen-bond acceptors (Lipinski definition) is 8. The van der Waals surface area contributed by atoms with E-state index >= 15 is 0 Å². The molecular weight excluding hydrogens is 416 g/mol. The molecule has 5 aliphatic rings. The van der Waals surface area contributed by atoms with Crippen molar-refractivity contribution in [2.24, 2.45) is 28.1 Å². The van der Waals surface area contributed by atoms with E-state index in [1.807, 2.05) is 20.8 Å². The molecule has 3 saturated carbocycles. The van der Waals surface area contributed by atoms with Gasteiger partial charge in [-0.3, -0.25) is 14.4 Å². The number of esters is 2. The molecule has 2 bridgehead atoms. The van der Waals surface area contributed by atoms with Gasteiger partial charge in [-0.15, -0.1) is 0 Å². The lowest BCUT2D eigenvalue weighted by atomic mass is 9.44. The molecule has 9 atom stereocenters. The van der Waals surface area contributed by atoms with Crippen LogP contribution in [0.2, 0.25) is 0 Å². The normalized spacial score (nSPS) is 50.4. The van der Waals surface area contributed by atoms with E-state index in [1.165, 1.54) is 13.8 Å². The van der Waals surface area contributed by atoms with E-state index in [0.29, 0.717) is 24.8 Å². The fourth-order valence-corrected chi connectivity index (χ4v) is 8.25. The van der Waals surface area contributed by atoms with Crippen LogP contribution in [0.25, 0.3) is 0 Å². The van der Waals surface area contributed by atoms with Crippen molar-refractivity contribution in [3.63, 3.8) is 0 Å². The Morgan fingerprint density at radius 3 is 2.41 bits per heavy atom. The Balaban J connectivity index is 1.75. The maximum atomic E-state index is 13.7. The molecule has 0 radical (unpaired) electrons. The number of fused-ring (bicyclic) bond motifs is 2. The van der Waals surface area contributed by atoms with Crippen molar-refractivity contribution in [1.29, 1.82) is 0 Å². The number of aliphatic hydroxyl groups is 1. The molecule has 2 heterocycles. The number of allylic oxidation sites excluding steroid dienone is 1. The molecule has 2 aliphatic heterocycles. The molecule has 9 unspecified atom stereocenters. The fraction of sp³-hybridized carbons (Fsp3) is 0.792. The van der Waals surface area contributed by atoms with Gasteiger partial charge in [0.1, 0.15) is 17.8 Å². The molecule has 1 N–H and O–H groups in total. The van der Waals surface area contributed by atoms with Crippen molar-refractivity contribution < 1.29 is 38.4 Å². The number of carbonyl (C=O) groups is 3. The Hall–Kier alpha value is -1.77. The maximum Gasteiger partial charge on any atom is 0.303 e. The zero-order chi connectivity index (χ0) is 23.4. The van der Waals surface area contributed by atoms with Crippen molar-refractivity contribution in [3.05, 3.63) is 12.2 Å². The van der Waals surface area contributed by atoms with E-state index in [4.69, 9.17) is 18.9 Å². The van der Waals surface area contributed by atoms with Gasteiger partial charge in [-0.25, -0.2) is 0 Å². The summed E-state index contributed by atoms with van der Waals surface area (Å²) in [6, 6.07) is 0. The zero-order valence-corrected chi connectivity index (χ0v) is 19.3. The second-order valence-corrected chi connectivity index (χ2v) is 11.2. The number of aliphatic hydroxyl groups excluding tert-OH is 1. The van der Waals surface area contributed by atoms with Gasteiger partial charge >= 0.3 is 11.9 Å². The smallest absolute Gasteiger partial charge is 0.303 e. The summed E-state index contributed by atoms with van der Waals surface area (Å²) in [4.78, 5) is 37.9. The third-order valence-corrected chi connectivity index (χ3v) is 9.09. The first-order valence-electron chi connectivity index (χ1n) is 11.4. The molecule has 3 aliphatic carbocycles. The van der Waals surface area contributed by atoms with E-state index < -0.39 is 58.2 Å². The number of carbonyl (C=O) groups excluding carboxylic acids is 3. The number of Topliss-reactive ketones (excluding diaryl/α,β-unsaturated/α-hetero) is 1. The van der Waals surface area contributed by atoms with Gasteiger partial charge in [0.05, 0.1) is 18.1 Å². The van der Waals surface area contributed by atoms with Crippen LogP contribution < -0.4 is 0 Å². The number of ether oxygens (including phenoxy) is 4. The van der Waals surface area contributed by atoms with Crippen LogP contribution in [0.5, 0.6) is 0 Å². The molecule has 5 rings (SSSR count). The van der Waals surface area contributed by atoms with Gasteiger partial charge < -0.3 is 24.1 Å². The molecule has 5 fully saturated rings. The zero-order valence-electron chi connectivity index (χ0n) is 19.3. The number of rotatable bonds is 2. The lowest BCUT2D eigenvalue weighted by Gasteiger charge is -2.60. The van der Waals surface area contributed by atoms with Crippen LogP contribution in [-0.4, -0.2) is 59.6 Å². The van der Waals surface area contributed by atoms with Crippen molar-refractivity contribution in [3.8, 4) is 0 Å². The maximum absolute atomic E-state index is 13.7. The quantitative estimate of drug-likeness (QED) is 0.387. The summed E-state index contributed by atoms with van der Waals surface area (Å²) in [7, 11) is 0. The summed E-state index contributed by atoms with van der Waals surface area (Å²) in [6.07, 6.45) is -1.56. The average molecular weight is 449 g/mol. The predicted molar refractivity (Wildman–Crippen MR) is 110 cm³/mol. The monoisotopic (exact) mass is 448 g/mol. The minimum absolute atomic E-state index is 0.0112. The molecular formula is C24H32O8. The molecule has 8 nitrogen and oxygen atoms in total. The van der Waals surface area contributed by atoms with E-state index in [1.54, 1.807) is 0 Å². The standard InChI is InChI=1S/C24H32O8/c1-11-14-7-16-24(32-16)22(6)17(20(28)29-10-23(24,8-14)18(11)27)21(4,5)9-15(30-12(2)25)19(22)31-13(3)26/h14-17,19-20,28H,1,7-10H2,2-6H3. The lowest BCUT2D eigenvalue weighted by molar-refractivity contribution is -0.259. The molecule has 0 aromatic heterocycles. The highest BCUT2D eigenvalue weighted by molar-refractivity contribution is 6.04. The molecule has 176 valence electrons. The van der Waals surface area contributed by atoms with Crippen LogP contribution in [-0.2, 0) is 33.3 Å². The number of hydrogen-bond donors (Lipinski definition) is 1. The first kappa shape index (κ1) is 22.0. The molecule has 0 aromatic rings. The predicted octanol–water partition coefficient (Wildman–Crippen LogP) is 1.92. The second kappa shape index (κ2) is 6.42. The Labute approximate surface area is 187 Å². The topological polar surface area (TPSA) is 112 Å². The minimum atomic E-state index is -1.20. The summed E-state index contributed by atoms with van der Waals surface area (Å²) >= 11 is 0. The van der Waals surface area contributed by atoms with Gasteiger partial charge in [0.2, 0.25) is 0 Å². The highest BCUT2D eigenvalue weighted by atomic mass is 16.6. The Kier molecular flexibility index (Phi) is 4.42. The minimum Gasteiger partial charge on any atom is -0.459 e. The second-order valence-electron chi connectivity index (χ2n) is 11.2. The van der Waals surface area contributed by atoms with Crippen molar-refractivity contribution in [2.45, 2.75) is 84.1 Å². The van der Waals surface area contributed by atoms with Crippen LogP contribution in [0.3, 0.4) is 0 Å². The average Bonchev–Trinajstić information content (AvgIpc) is 3.39. The summed E-state index contributed by atoms with van der Waals surface area (Å²) in [5.41, 5.74) is -3.07. The van der Waals surface area contributed by atoms with E-state index in [0.717, 1.165) is 0 Å². The van der Waals surface area contributed by atoms with Crippen molar-refractivity contribution in [1.82, 2.24) is 0 Å². The Bertz CT molecular complexity index is 925. The first-order chi connectivity index (χ1) is 14.8. The summed E-state index contributed by atoms with van der Waals surface area (Å²) < 4.78 is 24.1. The summed E-state index contributed by atoms with van der Waals surface area (Å²) in [5, 5.41) is 11.3. The van der Waals surface area contributed by atoms with Gasteiger partial charge in [-0.1, -0.05) is 27.4 Å². The number of epoxide rings is 1. The van der Waals surface area contributed by atoms with Crippen LogP contribution in [0.4, 0.5) is 0 Å². The lowest BCUT2D eigenvalue weighted by Crippen LogP contribution is -2.70. The third-order valence-electron chi connectivity index (χ3n) is 9.09. The van der Waals surface area contributed by atoms with Crippen LogP contribution in [0.1, 0.15) is 53.9 Å². The third kappa shape index (κ3) is 2.41. The molecule has 2 spiro atoms. The van der Waals surface area contributed by atoms with E-state index in [9.17, 15) is 19.5 Å². The highest BCUT2D eigenvalue weighted by Crippen LogP contribution is 2.77. The number of ketones is 1. The van der Waals surface area contributed by atoms with E-state index in [-0.39, 0.29) is 24.4 Å². The van der Waals surface area contributed by atoms with E-state index in [2.05, 4.69) is 6.58 Å². The first-order valence-corrected chi connectivity index (χ1v) is 11.4. The fourth-order valence-electron chi connectivity index (χ4n) is 8.25. The molecule has 0 aromatic carbocycles. The van der Waals surface area contributed by atoms with Crippen LogP contribution in [0, 0.1) is 28.1 Å². The molecule has 2 saturated heterocycles. The van der Waals surface area contributed by atoms with Gasteiger partial charge in [0, 0.05) is 25.2 Å². The molecule has 32 heavy (non-hydrogen) atoms. The van der Waals surface area contributed by atoms with Crippen molar-refractivity contribution >= 4 is 17.7 Å². The van der Waals surface area contributed by atoms with Crippen LogP contribution in [0.15, 0.2) is 12.2 Å². The summed E-state index contributed by atoms with van der Waals surface area (Å²) in [6.45, 7) is 12.6. The van der Waals surface area contributed by atoms with Gasteiger partial charge in [-0.2, -0.15) is 0 Å². The summed E-state index contributed by atoms with van der Waals surface area (Å²) in [5.74, 6) is -1.62. The van der Waals surface area contributed by atoms with Crippen molar-refractivity contribution in [2.75, 3.05) is 6.61 Å². The molecule has 8 heteroatoms. The largest absolute Gasteiger partial charge is 0.459 e. The Morgan fingerprint density at radius 1 is 1.12 bits per heavy atom. The highest BCUT2D eigenvalue weighted by Gasteiger charge is 2.88. The van der Waals surface area contributed by atoms with Gasteiger partial charge in [-0.05, 0) is 36.2 Å². The molecule has 0 amide bonds. The van der Waals surface area contributed by atoms with Gasteiger partial charge in [0.15, 0.2) is 12.1 Å².